The van der Waals surface area contributed by atoms with Gasteiger partial charge in [-0.25, -0.2) is 8.78 Å². The Morgan fingerprint density at radius 1 is 1.15 bits per heavy atom. The van der Waals surface area contributed by atoms with Crippen molar-refractivity contribution in [1.29, 1.82) is 0 Å². The maximum Gasteiger partial charge on any atom is 0.251 e. The van der Waals surface area contributed by atoms with Gasteiger partial charge in [0.05, 0.1) is 0 Å². The van der Waals surface area contributed by atoms with Crippen LogP contribution in [0.15, 0.2) is 40.9 Å². The lowest BCUT2D eigenvalue weighted by Gasteiger charge is -2.14. The van der Waals surface area contributed by atoms with Crippen LogP contribution in [0.25, 0.3) is 0 Å². The molecular weight excluding hydrogens is 330 g/mol. The van der Waals surface area contributed by atoms with E-state index < -0.39 is 17.7 Å². The van der Waals surface area contributed by atoms with E-state index in [-0.39, 0.29) is 11.6 Å². The minimum atomic E-state index is -0.825. The molecule has 6 heteroatoms. The van der Waals surface area contributed by atoms with Crippen LogP contribution in [0, 0.1) is 11.6 Å². The minimum Gasteiger partial charge on any atom is -0.365 e. The van der Waals surface area contributed by atoms with E-state index in [4.69, 9.17) is 0 Å². The highest BCUT2D eigenvalue weighted by atomic mass is 79.9. The Hall–Kier alpha value is -1.95. The minimum absolute atomic E-state index is 0.305. The van der Waals surface area contributed by atoms with Crippen LogP contribution in [0.2, 0.25) is 0 Å². The molecule has 102 valence electrons. The van der Waals surface area contributed by atoms with E-state index in [2.05, 4.69) is 26.6 Å². The van der Waals surface area contributed by atoms with Gasteiger partial charge in [-0.2, -0.15) is 0 Å². The third-order valence-corrected chi connectivity index (χ3v) is 3.59. The summed E-state index contributed by atoms with van der Waals surface area (Å²) in [6.45, 7) is 0. The number of amides is 1. The highest BCUT2D eigenvalue weighted by Crippen LogP contribution is 2.36. The van der Waals surface area contributed by atoms with E-state index in [0.29, 0.717) is 11.3 Å². The van der Waals surface area contributed by atoms with E-state index >= 15 is 0 Å². The van der Waals surface area contributed by atoms with Crippen LogP contribution >= 0.6 is 15.9 Å². The summed E-state index contributed by atoms with van der Waals surface area (Å²) in [6.07, 6.45) is 0. The zero-order chi connectivity index (χ0) is 14.3. The fourth-order valence-corrected chi connectivity index (χ4v) is 2.53. The van der Waals surface area contributed by atoms with Crippen molar-refractivity contribution in [2.24, 2.45) is 0 Å². The van der Waals surface area contributed by atoms with E-state index in [0.717, 1.165) is 16.6 Å². The van der Waals surface area contributed by atoms with Crippen molar-refractivity contribution < 1.29 is 13.6 Å². The second-order valence-electron chi connectivity index (χ2n) is 4.39. The van der Waals surface area contributed by atoms with Gasteiger partial charge in [0.25, 0.3) is 5.91 Å². The second-order valence-corrected chi connectivity index (χ2v) is 5.31. The molecule has 1 heterocycles. The number of nitrogens with one attached hydrogen (secondary N) is 2. The van der Waals surface area contributed by atoms with E-state index in [1.807, 2.05) is 0 Å². The number of anilines is 2. The Morgan fingerprint density at radius 2 is 1.85 bits per heavy atom. The molecule has 0 saturated carbocycles. The molecular formula is C14H9BrF2N2O. The topological polar surface area (TPSA) is 41.1 Å². The molecule has 0 bridgehead atoms. The van der Waals surface area contributed by atoms with Gasteiger partial charge in [0.2, 0.25) is 0 Å². The predicted molar refractivity (Wildman–Crippen MR) is 75.5 cm³/mol. The van der Waals surface area contributed by atoms with Crippen LogP contribution in [-0.2, 0) is 4.79 Å². The summed E-state index contributed by atoms with van der Waals surface area (Å²) in [6, 6.07) is 7.98. The van der Waals surface area contributed by atoms with Crippen LogP contribution in [-0.4, -0.2) is 5.91 Å². The van der Waals surface area contributed by atoms with Crippen molar-refractivity contribution in [1.82, 2.24) is 0 Å². The third-order valence-electron chi connectivity index (χ3n) is 3.10. The average molecular weight is 339 g/mol. The Morgan fingerprint density at radius 3 is 2.55 bits per heavy atom. The lowest BCUT2D eigenvalue weighted by Crippen LogP contribution is -2.20. The smallest absolute Gasteiger partial charge is 0.251 e. The Bertz CT molecular complexity index is 685. The van der Waals surface area contributed by atoms with Crippen molar-refractivity contribution in [3.63, 3.8) is 0 Å². The largest absolute Gasteiger partial charge is 0.365 e. The van der Waals surface area contributed by atoms with Gasteiger partial charge in [-0.15, -0.1) is 0 Å². The van der Waals surface area contributed by atoms with Gasteiger partial charge in [-0.05, 0) is 30.3 Å². The molecule has 2 N–H and O–H groups in total. The number of benzene rings is 2. The highest BCUT2D eigenvalue weighted by molar-refractivity contribution is 9.10. The highest BCUT2D eigenvalue weighted by Gasteiger charge is 2.31. The average Bonchev–Trinajstić information content (AvgIpc) is 2.70. The van der Waals surface area contributed by atoms with Crippen molar-refractivity contribution in [3.05, 3.63) is 58.1 Å². The summed E-state index contributed by atoms with van der Waals surface area (Å²) in [7, 11) is 0. The van der Waals surface area contributed by atoms with Crippen molar-refractivity contribution in [2.45, 2.75) is 6.04 Å². The zero-order valence-corrected chi connectivity index (χ0v) is 11.7. The number of rotatable bonds is 2. The number of halogens is 3. The molecule has 0 aromatic heterocycles. The molecule has 3 rings (SSSR count). The van der Waals surface area contributed by atoms with E-state index in [9.17, 15) is 13.6 Å². The monoisotopic (exact) mass is 338 g/mol. The summed E-state index contributed by atoms with van der Waals surface area (Å²) in [5.74, 6) is -1.82. The summed E-state index contributed by atoms with van der Waals surface area (Å²) in [4.78, 5) is 11.9. The fourth-order valence-electron chi connectivity index (χ4n) is 2.16. The number of para-hydroxylation sites is 1. The van der Waals surface area contributed by atoms with Crippen LogP contribution in [0.5, 0.6) is 0 Å². The molecule has 0 radical (unpaired) electrons. The summed E-state index contributed by atoms with van der Waals surface area (Å²) < 4.78 is 28.1. The summed E-state index contributed by atoms with van der Waals surface area (Å²) in [5.41, 5.74) is 0.972. The molecule has 0 aliphatic carbocycles. The van der Waals surface area contributed by atoms with E-state index in [1.54, 1.807) is 18.2 Å². The molecule has 3 nitrogen and oxygen atoms in total. The standard InChI is InChI=1S/C14H9BrF2N2O/c15-7-4-5-11-8(6-7)12(14(20)18-11)19-13-9(16)2-1-3-10(13)17/h1-6,12,19H,(H,18,20). The zero-order valence-electron chi connectivity index (χ0n) is 10.1. The molecule has 2 aromatic carbocycles. The molecule has 1 aliphatic rings. The predicted octanol–water partition coefficient (Wildman–Crippen LogP) is 3.83. The number of carbonyl (C=O) groups is 1. The lowest BCUT2D eigenvalue weighted by molar-refractivity contribution is -0.116. The van der Waals surface area contributed by atoms with Crippen LogP contribution in [0.3, 0.4) is 0 Å². The first-order valence-electron chi connectivity index (χ1n) is 5.87. The fraction of sp³-hybridized carbons (Fsp3) is 0.0714. The van der Waals surface area contributed by atoms with Gasteiger partial charge in [0, 0.05) is 15.7 Å². The normalized spacial score (nSPS) is 16.8. The number of hydrogen-bond acceptors (Lipinski definition) is 2. The number of fused-ring (bicyclic) bond motifs is 1. The number of hydrogen-bond donors (Lipinski definition) is 2. The van der Waals surface area contributed by atoms with Gasteiger partial charge in [-0.3, -0.25) is 4.79 Å². The first kappa shape index (κ1) is 13.1. The molecule has 1 amide bonds. The van der Waals surface area contributed by atoms with Crippen LogP contribution < -0.4 is 10.6 Å². The van der Waals surface area contributed by atoms with Gasteiger partial charge in [-0.1, -0.05) is 22.0 Å². The summed E-state index contributed by atoms with van der Waals surface area (Å²) in [5, 5.41) is 5.29. The maximum atomic E-state index is 13.6. The van der Waals surface area contributed by atoms with Gasteiger partial charge >= 0.3 is 0 Å². The van der Waals surface area contributed by atoms with Crippen LogP contribution in [0.4, 0.5) is 20.2 Å². The molecule has 1 aliphatic heterocycles. The molecule has 0 spiro atoms. The van der Waals surface area contributed by atoms with Crippen molar-refractivity contribution in [2.75, 3.05) is 10.6 Å². The Balaban J connectivity index is 2.00. The lowest BCUT2D eigenvalue weighted by atomic mass is 10.1. The van der Waals surface area contributed by atoms with Crippen molar-refractivity contribution >= 4 is 33.2 Å². The van der Waals surface area contributed by atoms with Crippen molar-refractivity contribution in [3.8, 4) is 0 Å². The van der Waals surface area contributed by atoms with Gasteiger partial charge in [0.15, 0.2) is 0 Å². The Labute approximate surface area is 122 Å². The molecule has 2 aromatic rings. The molecule has 0 fully saturated rings. The SMILES string of the molecule is O=C1Nc2ccc(Br)cc2C1Nc1c(F)cccc1F. The molecule has 1 unspecified atom stereocenters. The van der Waals surface area contributed by atoms with Crippen LogP contribution in [0.1, 0.15) is 11.6 Å². The Kier molecular flexibility index (Phi) is 3.17. The first-order valence-corrected chi connectivity index (χ1v) is 6.66. The third kappa shape index (κ3) is 2.16. The molecule has 0 saturated heterocycles. The second kappa shape index (κ2) is 4.86. The number of carbonyl (C=O) groups excluding carboxylic acids is 1. The molecule has 1 atom stereocenters. The summed E-state index contributed by atoms with van der Waals surface area (Å²) >= 11 is 3.31. The maximum absolute atomic E-state index is 13.6. The first-order chi connectivity index (χ1) is 9.56. The molecule has 20 heavy (non-hydrogen) atoms. The van der Waals surface area contributed by atoms with E-state index in [1.165, 1.54) is 6.07 Å². The van der Waals surface area contributed by atoms with Gasteiger partial charge < -0.3 is 10.6 Å². The quantitative estimate of drug-likeness (QED) is 0.873. The van der Waals surface area contributed by atoms with Gasteiger partial charge in [0.1, 0.15) is 23.4 Å².